The second-order valence-electron chi connectivity index (χ2n) is 7.80. The first-order valence-electron chi connectivity index (χ1n) is 11.2. The number of carbonyl (C=O) groups is 3. The van der Waals surface area contributed by atoms with Crippen LogP contribution in [0.5, 0.6) is 17.2 Å². The number of ether oxygens (including phenoxy) is 3. The molecule has 0 atom stereocenters. The Morgan fingerprint density at radius 3 is 2.43 bits per heavy atom. The maximum atomic E-state index is 14.0. The Kier molecular flexibility index (Phi) is 7.74. The monoisotopic (exact) mass is 524 g/mol. The second-order valence-corrected chi connectivity index (χ2v) is 8.21. The van der Waals surface area contributed by atoms with E-state index >= 15 is 0 Å². The summed E-state index contributed by atoms with van der Waals surface area (Å²) < 4.78 is 30.4. The van der Waals surface area contributed by atoms with E-state index in [1.807, 2.05) is 6.92 Å². The van der Waals surface area contributed by atoms with Crippen molar-refractivity contribution in [3.63, 3.8) is 0 Å². The Bertz CT molecular complexity index is 1390. The van der Waals surface area contributed by atoms with Crippen molar-refractivity contribution >= 4 is 41.2 Å². The van der Waals surface area contributed by atoms with Crippen LogP contribution in [0.1, 0.15) is 18.1 Å². The number of benzene rings is 3. The molecule has 10 heteroatoms. The van der Waals surface area contributed by atoms with Gasteiger partial charge in [0.15, 0.2) is 11.5 Å². The highest BCUT2D eigenvalue weighted by Crippen LogP contribution is 2.38. The summed E-state index contributed by atoms with van der Waals surface area (Å²) in [5.41, 5.74) is 0.651. The highest BCUT2D eigenvalue weighted by atomic mass is 35.5. The van der Waals surface area contributed by atoms with Crippen LogP contribution in [0.4, 0.5) is 14.9 Å². The van der Waals surface area contributed by atoms with Gasteiger partial charge in [-0.15, -0.1) is 0 Å². The molecule has 3 aromatic carbocycles. The van der Waals surface area contributed by atoms with Crippen LogP contribution in [0.15, 0.2) is 66.2 Å². The van der Waals surface area contributed by atoms with Gasteiger partial charge in [-0.1, -0.05) is 29.8 Å². The van der Waals surface area contributed by atoms with Crippen LogP contribution in [0.25, 0.3) is 6.08 Å². The van der Waals surface area contributed by atoms with E-state index in [0.29, 0.717) is 23.5 Å². The maximum Gasteiger partial charge on any atom is 0.335 e. The number of rotatable bonds is 8. The molecule has 0 aromatic heterocycles. The summed E-state index contributed by atoms with van der Waals surface area (Å²) in [4.78, 5) is 39.0. The van der Waals surface area contributed by atoms with Crippen LogP contribution in [0.2, 0.25) is 5.02 Å². The minimum absolute atomic E-state index is 0.0940. The number of nitrogens with zero attached hydrogens (tertiary/aromatic N) is 1. The van der Waals surface area contributed by atoms with Gasteiger partial charge in [-0.25, -0.2) is 14.1 Å². The normalized spacial score (nSPS) is 14.5. The summed E-state index contributed by atoms with van der Waals surface area (Å²) in [6.07, 6.45) is 1.29. The third-order valence-electron chi connectivity index (χ3n) is 5.40. The van der Waals surface area contributed by atoms with Gasteiger partial charge < -0.3 is 14.2 Å². The Balaban J connectivity index is 1.62. The number of urea groups is 1. The van der Waals surface area contributed by atoms with Gasteiger partial charge in [0.2, 0.25) is 0 Å². The van der Waals surface area contributed by atoms with Crippen LogP contribution < -0.4 is 24.4 Å². The van der Waals surface area contributed by atoms with E-state index in [4.69, 9.17) is 25.8 Å². The molecule has 3 aromatic rings. The van der Waals surface area contributed by atoms with Crippen molar-refractivity contribution in [3.05, 3.63) is 88.2 Å². The third-order valence-corrected chi connectivity index (χ3v) is 5.68. The molecule has 1 aliphatic heterocycles. The standard InChI is InChI=1S/C27H22ClFN2O6/c1-3-36-19-10-8-18(9-11-19)31-26(33)20(25(32)30-27(31)34)12-16-13-21(28)24(23(14-16)35-2)37-15-17-6-4-5-7-22(17)29/h4-14H,3,15H2,1-2H3,(H,30,32,34)/b20-12+. The molecular weight excluding hydrogens is 503 g/mol. The zero-order chi connectivity index (χ0) is 26.5. The number of amides is 4. The molecule has 1 saturated heterocycles. The average Bonchev–Trinajstić information content (AvgIpc) is 2.87. The smallest absolute Gasteiger partial charge is 0.335 e. The summed E-state index contributed by atoms with van der Waals surface area (Å²) in [7, 11) is 1.39. The largest absolute Gasteiger partial charge is 0.494 e. The Morgan fingerprint density at radius 1 is 1.03 bits per heavy atom. The van der Waals surface area contributed by atoms with Crippen LogP contribution in [-0.4, -0.2) is 31.6 Å². The van der Waals surface area contributed by atoms with E-state index in [2.05, 4.69) is 5.32 Å². The number of halogens is 2. The number of nitrogens with one attached hydrogen (secondary N) is 1. The highest BCUT2D eigenvalue weighted by molar-refractivity contribution is 6.39. The number of imide groups is 2. The summed E-state index contributed by atoms with van der Waals surface area (Å²) in [6, 6.07) is 14.6. The molecule has 0 spiro atoms. The highest BCUT2D eigenvalue weighted by Gasteiger charge is 2.37. The molecule has 0 radical (unpaired) electrons. The van der Waals surface area contributed by atoms with Crippen molar-refractivity contribution in [2.75, 3.05) is 18.6 Å². The first-order valence-corrected chi connectivity index (χ1v) is 11.6. The van der Waals surface area contributed by atoms with Crippen molar-refractivity contribution in [2.24, 2.45) is 0 Å². The Morgan fingerprint density at radius 2 is 1.76 bits per heavy atom. The average molecular weight is 525 g/mol. The molecule has 0 aliphatic carbocycles. The predicted octanol–water partition coefficient (Wildman–Crippen LogP) is 5.13. The molecule has 8 nitrogen and oxygen atoms in total. The molecule has 1 N–H and O–H groups in total. The second kappa shape index (κ2) is 11.1. The first kappa shape index (κ1) is 25.7. The van der Waals surface area contributed by atoms with Gasteiger partial charge >= 0.3 is 6.03 Å². The summed E-state index contributed by atoms with van der Waals surface area (Å²) >= 11 is 6.41. The van der Waals surface area contributed by atoms with E-state index in [1.165, 1.54) is 43.5 Å². The third kappa shape index (κ3) is 5.57. The van der Waals surface area contributed by atoms with Crippen molar-refractivity contribution in [2.45, 2.75) is 13.5 Å². The number of carbonyl (C=O) groups excluding carboxylic acids is 3. The summed E-state index contributed by atoms with van der Waals surface area (Å²) in [6.45, 7) is 2.20. The number of hydrogen-bond acceptors (Lipinski definition) is 6. The van der Waals surface area contributed by atoms with Crippen LogP contribution in [-0.2, 0) is 16.2 Å². The molecule has 4 rings (SSSR count). The molecule has 4 amide bonds. The fourth-order valence-electron chi connectivity index (χ4n) is 3.65. The predicted molar refractivity (Wildman–Crippen MR) is 135 cm³/mol. The molecule has 37 heavy (non-hydrogen) atoms. The fraction of sp³-hybridized carbons (Fsp3) is 0.148. The van der Waals surface area contributed by atoms with Gasteiger partial charge in [0.25, 0.3) is 11.8 Å². The topological polar surface area (TPSA) is 94.2 Å². The summed E-state index contributed by atoms with van der Waals surface area (Å²) in [5.74, 6) is -1.14. The van der Waals surface area contributed by atoms with Gasteiger partial charge in [0.05, 0.1) is 24.4 Å². The molecule has 190 valence electrons. The number of anilines is 1. The van der Waals surface area contributed by atoms with Crippen molar-refractivity contribution < 1.29 is 33.0 Å². The molecule has 1 heterocycles. The lowest BCUT2D eigenvalue weighted by atomic mass is 10.1. The number of barbiturate groups is 1. The minimum atomic E-state index is -0.871. The van der Waals surface area contributed by atoms with E-state index in [1.54, 1.807) is 30.3 Å². The van der Waals surface area contributed by atoms with E-state index in [-0.39, 0.29) is 34.4 Å². The van der Waals surface area contributed by atoms with Gasteiger partial charge in [0, 0.05) is 5.56 Å². The van der Waals surface area contributed by atoms with E-state index < -0.39 is 23.7 Å². The molecule has 1 fully saturated rings. The molecular formula is C27H22ClFN2O6. The van der Waals surface area contributed by atoms with E-state index in [0.717, 1.165) is 4.90 Å². The lowest BCUT2D eigenvalue weighted by Gasteiger charge is -2.26. The van der Waals surface area contributed by atoms with Crippen LogP contribution in [0, 0.1) is 5.82 Å². The minimum Gasteiger partial charge on any atom is -0.494 e. The van der Waals surface area contributed by atoms with Gasteiger partial charge in [-0.05, 0) is 61.0 Å². The Labute approximate surface area is 217 Å². The van der Waals surface area contributed by atoms with Gasteiger partial charge in [-0.3, -0.25) is 14.9 Å². The Hall–Kier alpha value is -4.37. The van der Waals surface area contributed by atoms with Crippen LogP contribution in [0.3, 0.4) is 0 Å². The number of methoxy groups -OCH3 is 1. The first-order chi connectivity index (χ1) is 17.8. The fourth-order valence-corrected chi connectivity index (χ4v) is 3.92. The lowest BCUT2D eigenvalue weighted by Crippen LogP contribution is -2.54. The van der Waals surface area contributed by atoms with Crippen molar-refractivity contribution in [3.8, 4) is 17.2 Å². The number of hydrogen-bond donors (Lipinski definition) is 1. The van der Waals surface area contributed by atoms with Crippen LogP contribution >= 0.6 is 11.6 Å². The zero-order valence-corrected chi connectivity index (χ0v) is 20.7. The van der Waals surface area contributed by atoms with Crippen molar-refractivity contribution in [1.29, 1.82) is 0 Å². The summed E-state index contributed by atoms with van der Waals surface area (Å²) in [5, 5.41) is 2.29. The SMILES string of the molecule is CCOc1ccc(N2C(=O)NC(=O)/C(=C\c3cc(Cl)c(OCc4ccccc4F)c(OC)c3)C2=O)cc1. The molecule has 1 aliphatic rings. The van der Waals surface area contributed by atoms with Gasteiger partial charge in [0.1, 0.15) is 23.7 Å². The lowest BCUT2D eigenvalue weighted by molar-refractivity contribution is -0.122. The van der Waals surface area contributed by atoms with Crippen molar-refractivity contribution in [1.82, 2.24) is 5.32 Å². The molecule has 0 saturated carbocycles. The maximum absolute atomic E-state index is 14.0. The van der Waals surface area contributed by atoms with E-state index in [9.17, 15) is 18.8 Å². The van der Waals surface area contributed by atoms with Gasteiger partial charge in [-0.2, -0.15) is 0 Å². The molecule has 0 unspecified atom stereocenters. The quantitative estimate of drug-likeness (QED) is 0.324. The zero-order valence-electron chi connectivity index (χ0n) is 19.9. The molecule has 0 bridgehead atoms.